The second-order valence-corrected chi connectivity index (χ2v) is 4.15. The molecule has 1 aliphatic rings. The summed E-state index contributed by atoms with van der Waals surface area (Å²) < 4.78 is 0. The van der Waals surface area contributed by atoms with E-state index in [1.165, 1.54) is 0 Å². The van der Waals surface area contributed by atoms with E-state index in [2.05, 4.69) is 27.8 Å². The van der Waals surface area contributed by atoms with Crippen molar-refractivity contribution in [1.82, 2.24) is 9.88 Å². The van der Waals surface area contributed by atoms with Gasteiger partial charge in [0.15, 0.2) is 0 Å². The van der Waals surface area contributed by atoms with Crippen LogP contribution in [0, 0.1) is 0 Å². The first-order chi connectivity index (χ1) is 7.83. The molecular weight excluding hydrogens is 200 g/mol. The minimum Gasteiger partial charge on any atom is -0.354 e. The third kappa shape index (κ3) is 2.51. The fraction of sp³-hybridized carbons (Fsp3) is 0.583. The molecule has 0 radical (unpaired) electrons. The average molecular weight is 220 g/mol. The Morgan fingerprint density at radius 2 is 2.06 bits per heavy atom. The van der Waals surface area contributed by atoms with Crippen molar-refractivity contribution < 1.29 is 0 Å². The van der Waals surface area contributed by atoms with Gasteiger partial charge in [0.1, 0.15) is 5.82 Å². The zero-order valence-electron chi connectivity index (χ0n) is 9.89. The maximum atomic E-state index is 5.64. The number of aromatic nitrogens is 1. The number of piperazine rings is 1. The first kappa shape index (κ1) is 11.4. The topological polar surface area (TPSA) is 45.4 Å². The third-order valence-corrected chi connectivity index (χ3v) is 3.19. The molecule has 0 saturated carbocycles. The van der Waals surface area contributed by atoms with E-state index in [1.807, 2.05) is 12.3 Å². The molecule has 88 valence electrons. The van der Waals surface area contributed by atoms with E-state index < -0.39 is 0 Å². The van der Waals surface area contributed by atoms with E-state index in [1.54, 1.807) is 0 Å². The number of nitrogens with zero attached hydrogens (tertiary/aromatic N) is 3. The van der Waals surface area contributed by atoms with Crippen molar-refractivity contribution in [2.24, 2.45) is 5.73 Å². The number of hydrogen-bond acceptors (Lipinski definition) is 4. The Hall–Kier alpha value is -1.13. The number of rotatable bonds is 3. The van der Waals surface area contributed by atoms with Gasteiger partial charge in [-0.15, -0.1) is 0 Å². The van der Waals surface area contributed by atoms with E-state index in [9.17, 15) is 0 Å². The predicted molar refractivity (Wildman–Crippen MR) is 66.5 cm³/mol. The summed E-state index contributed by atoms with van der Waals surface area (Å²) in [5.74, 6) is 1.07. The lowest BCUT2D eigenvalue weighted by molar-refractivity contribution is 0.270. The van der Waals surface area contributed by atoms with Crippen molar-refractivity contribution in [3.05, 3.63) is 23.9 Å². The lowest BCUT2D eigenvalue weighted by Gasteiger charge is -2.34. The Morgan fingerprint density at radius 3 is 2.69 bits per heavy atom. The molecule has 1 aromatic rings. The van der Waals surface area contributed by atoms with Crippen LogP contribution in [-0.4, -0.2) is 42.6 Å². The highest BCUT2D eigenvalue weighted by Crippen LogP contribution is 2.14. The van der Waals surface area contributed by atoms with Gasteiger partial charge >= 0.3 is 0 Å². The fourth-order valence-corrected chi connectivity index (χ4v) is 2.05. The molecule has 0 amide bonds. The number of hydrogen-bond donors (Lipinski definition) is 1. The standard InChI is InChI=1S/C12H20N4/c1-2-15-5-7-16(8-6-15)12-9-11(10-13)3-4-14-12/h3-4,9H,2,5-8,10,13H2,1H3. The van der Waals surface area contributed by atoms with Crippen molar-refractivity contribution in [2.45, 2.75) is 13.5 Å². The summed E-state index contributed by atoms with van der Waals surface area (Å²) in [7, 11) is 0. The molecule has 4 heteroatoms. The molecule has 0 unspecified atom stereocenters. The van der Waals surface area contributed by atoms with Crippen LogP contribution < -0.4 is 10.6 Å². The largest absolute Gasteiger partial charge is 0.354 e. The summed E-state index contributed by atoms with van der Waals surface area (Å²) in [5, 5.41) is 0. The number of likely N-dealkylation sites (N-methyl/N-ethyl adjacent to an activating group) is 1. The molecule has 0 spiro atoms. The van der Waals surface area contributed by atoms with E-state index >= 15 is 0 Å². The van der Waals surface area contributed by atoms with Gasteiger partial charge in [-0.3, -0.25) is 0 Å². The van der Waals surface area contributed by atoms with Gasteiger partial charge in [0.25, 0.3) is 0 Å². The summed E-state index contributed by atoms with van der Waals surface area (Å²) in [6.45, 7) is 8.33. The lowest BCUT2D eigenvalue weighted by atomic mass is 10.2. The zero-order chi connectivity index (χ0) is 11.4. The molecule has 16 heavy (non-hydrogen) atoms. The van der Waals surface area contributed by atoms with Gasteiger partial charge < -0.3 is 15.5 Å². The quantitative estimate of drug-likeness (QED) is 0.814. The third-order valence-electron chi connectivity index (χ3n) is 3.19. The highest BCUT2D eigenvalue weighted by molar-refractivity contribution is 5.41. The van der Waals surface area contributed by atoms with Crippen molar-refractivity contribution in [1.29, 1.82) is 0 Å². The Kier molecular flexibility index (Phi) is 3.74. The molecule has 2 heterocycles. The molecule has 0 aromatic carbocycles. The van der Waals surface area contributed by atoms with Crippen LogP contribution in [0.2, 0.25) is 0 Å². The van der Waals surface area contributed by atoms with Gasteiger partial charge in [0.05, 0.1) is 0 Å². The molecule has 1 aliphatic heterocycles. The van der Waals surface area contributed by atoms with Gasteiger partial charge in [-0.25, -0.2) is 4.98 Å². The average Bonchev–Trinajstić information content (AvgIpc) is 2.39. The van der Waals surface area contributed by atoms with Gasteiger partial charge in [-0.05, 0) is 24.2 Å². The molecule has 0 bridgehead atoms. The summed E-state index contributed by atoms with van der Waals surface area (Å²) in [6, 6.07) is 4.08. The van der Waals surface area contributed by atoms with Crippen LogP contribution in [0.25, 0.3) is 0 Å². The molecule has 4 nitrogen and oxygen atoms in total. The Bertz CT molecular complexity index is 332. The maximum Gasteiger partial charge on any atom is 0.128 e. The van der Waals surface area contributed by atoms with Crippen LogP contribution in [0.15, 0.2) is 18.3 Å². The van der Waals surface area contributed by atoms with E-state index in [4.69, 9.17) is 5.73 Å². The van der Waals surface area contributed by atoms with Gasteiger partial charge in [0, 0.05) is 38.9 Å². The molecule has 2 rings (SSSR count). The van der Waals surface area contributed by atoms with Gasteiger partial charge in [-0.1, -0.05) is 6.92 Å². The number of anilines is 1. The van der Waals surface area contributed by atoms with Crippen LogP contribution in [0.3, 0.4) is 0 Å². The highest BCUT2D eigenvalue weighted by atomic mass is 15.3. The second-order valence-electron chi connectivity index (χ2n) is 4.15. The van der Waals surface area contributed by atoms with Crippen LogP contribution >= 0.6 is 0 Å². The molecule has 2 N–H and O–H groups in total. The summed E-state index contributed by atoms with van der Waals surface area (Å²) in [6.07, 6.45) is 1.85. The van der Waals surface area contributed by atoms with Crippen molar-refractivity contribution in [3.63, 3.8) is 0 Å². The molecule has 0 aliphatic carbocycles. The van der Waals surface area contributed by atoms with Gasteiger partial charge in [0.2, 0.25) is 0 Å². The summed E-state index contributed by atoms with van der Waals surface area (Å²) >= 11 is 0. The normalized spacial score (nSPS) is 17.8. The second kappa shape index (κ2) is 5.27. The van der Waals surface area contributed by atoms with E-state index in [-0.39, 0.29) is 0 Å². The Morgan fingerprint density at radius 1 is 1.31 bits per heavy atom. The first-order valence-corrected chi connectivity index (χ1v) is 5.95. The fourth-order valence-electron chi connectivity index (χ4n) is 2.05. The molecule has 0 atom stereocenters. The smallest absolute Gasteiger partial charge is 0.128 e. The predicted octanol–water partition coefficient (Wildman–Crippen LogP) is 0.682. The number of nitrogens with two attached hydrogens (primary N) is 1. The highest BCUT2D eigenvalue weighted by Gasteiger charge is 2.16. The van der Waals surface area contributed by atoms with Crippen molar-refractivity contribution >= 4 is 5.82 Å². The number of pyridine rings is 1. The molecular formula is C12H20N4. The van der Waals surface area contributed by atoms with Gasteiger partial charge in [-0.2, -0.15) is 0 Å². The minimum absolute atomic E-state index is 0.588. The van der Waals surface area contributed by atoms with E-state index in [0.29, 0.717) is 6.54 Å². The Labute approximate surface area is 97.1 Å². The van der Waals surface area contributed by atoms with Crippen LogP contribution in [0.4, 0.5) is 5.82 Å². The molecule has 1 aromatic heterocycles. The SMILES string of the molecule is CCN1CCN(c2cc(CN)ccn2)CC1. The Balaban J connectivity index is 2.02. The monoisotopic (exact) mass is 220 g/mol. The summed E-state index contributed by atoms with van der Waals surface area (Å²) in [5.41, 5.74) is 6.79. The van der Waals surface area contributed by atoms with Crippen molar-refractivity contribution in [3.8, 4) is 0 Å². The van der Waals surface area contributed by atoms with Crippen LogP contribution in [0.5, 0.6) is 0 Å². The lowest BCUT2D eigenvalue weighted by Crippen LogP contribution is -2.46. The molecule has 1 saturated heterocycles. The van der Waals surface area contributed by atoms with Crippen LogP contribution in [-0.2, 0) is 6.54 Å². The van der Waals surface area contributed by atoms with Crippen molar-refractivity contribution in [2.75, 3.05) is 37.6 Å². The maximum absolute atomic E-state index is 5.64. The molecule has 1 fully saturated rings. The van der Waals surface area contributed by atoms with E-state index in [0.717, 1.165) is 44.1 Å². The zero-order valence-corrected chi connectivity index (χ0v) is 9.89. The summed E-state index contributed by atoms with van der Waals surface area (Å²) in [4.78, 5) is 9.21. The van der Waals surface area contributed by atoms with Crippen LogP contribution in [0.1, 0.15) is 12.5 Å². The first-order valence-electron chi connectivity index (χ1n) is 5.95. The minimum atomic E-state index is 0.588.